The van der Waals surface area contributed by atoms with Crippen molar-refractivity contribution in [2.24, 2.45) is 5.92 Å². The molecule has 0 spiro atoms. The lowest BCUT2D eigenvalue weighted by atomic mass is 9.85. The molecule has 136 valence electrons. The van der Waals surface area contributed by atoms with Crippen LogP contribution in [-0.4, -0.2) is 11.6 Å². The summed E-state index contributed by atoms with van der Waals surface area (Å²) in [6.45, 7) is 3.72. The van der Waals surface area contributed by atoms with E-state index in [0.717, 1.165) is 17.7 Å². The van der Waals surface area contributed by atoms with E-state index in [9.17, 15) is 4.79 Å². The number of rotatable bonds is 3. The van der Waals surface area contributed by atoms with E-state index in [1.165, 1.54) is 16.5 Å². The monoisotopic (exact) mass is 375 g/mol. The number of thiophene rings is 1. The zero-order chi connectivity index (χ0) is 18.9. The van der Waals surface area contributed by atoms with Crippen molar-refractivity contribution in [2.45, 2.75) is 38.7 Å². The molecule has 1 aliphatic rings. The molecule has 1 unspecified atom stereocenters. The second-order valence-electron chi connectivity index (χ2n) is 7.50. The van der Waals surface area contributed by atoms with Crippen molar-refractivity contribution in [2.75, 3.05) is 0 Å². The number of hydrogen-bond donors (Lipinski definition) is 0. The van der Waals surface area contributed by atoms with E-state index < -0.39 is 5.60 Å². The second-order valence-corrected chi connectivity index (χ2v) is 9.36. The first-order valence-corrected chi connectivity index (χ1v) is 10.7. The molecule has 0 aliphatic heterocycles. The molecule has 1 saturated carbocycles. The quantitative estimate of drug-likeness (QED) is 0.304. The SMILES string of the molecule is CC(C)(C#CC1CCC1)OC(=O)c1cccc(-[s+]2ccc3ccccc32)c1. The fourth-order valence-corrected chi connectivity index (χ4v) is 5.08. The summed E-state index contributed by atoms with van der Waals surface area (Å²) in [5.74, 6) is 6.55. The van der Waals surface area contributed by atoms with Crippen LogP contribution in [0.4, 0.5) is 0 Å². The topological polar surface area (TPSA) is 26.3 Å². The Kier molecular flexibility index (Phi) is 4.76. The van der Waals surface area contributed by atoms with Gasteiger partial charge in [-0.25, -0.2) is 4.79 Å². The lowest BCUT2D eigenvalue weighted by Crippen LogP contribution is -2.26. The lowest BCUT2D eigenvalue weighted by Gasteiger charge is -2.22. The molecule has 0 radical (unpaired) electrons. The summed E-state index contributed by atoms with van der Waals surface area (Å²) >= 11 is 0. The number of fused-ring (bicyclic) bond motifs is 1. The summed E-state index contributed by atoms with van der Waals surface area (Å²) in [5, 5.41) is 3.46. The summed E-state index contributed by atoms with van der Waals surface area (Å²) in [7, 11) is -0.135. The molecule has 2 aromatic carbocycles. The Morgan fingerprint density at radius 1 is 1.11 bits per heavy atom. The van der Waals surface area contributed by atoms with Gasteiger partial charge in [-0.1, -0.05) is 36.5 Å². The Hall–Kier alpha value is -2.57. The molecule has 1 atom stereocenters. The Bertz CT molecular complexity index is 1040. The third kappa shape index (κ3) is 3.91. The number of hydrogen-bond acceptors (Lipinski definition) is 2. The van der Waals surface area contributed by atoms with E-state index in [-0.39, 0.29) is 16.4 Å². The first-order chi connectivity index (χ1) is 13.0. The summed E-state index contributed by atoms with van der Waals surface area (Å²) in [4.78, 5) is 13.8. The molecule has 2 nitrogen and oxygen atoms in total. The minimum absolute atomic E-state index is 0.135. The highest BCUT2D eigenvalue weighted by molar-refractivity contribution is 7.43. The zero-order valence-corrected chi connectivity index (χ0v) is 16.5. The van der Waals surface area contributed by atoms with E-state index in [4.69, 9.17) is 4.74 Å². The van der Waals surface area contributed by atoms with Crippen molar-refractivity contribution < 1.29 is 9.53 Å². The lowest BCUT2D eigenvalue weighted by molar-refractivity contribution is 0.0203. The Balaban J connectivity index is 1.56. The van der Waals surface area contributed by atoms with Crippen molar-refractivity contribution in [3.8, 4) is 16.7 Å². The van der Waals surface area contributed by atoms with Gasteiger partial charge >= 0.3 is 5.97 Å². The molecule has 1 fully saturated rings. The maximum absolute atomic E-state index is 12.7. The molecule has 1 aromatic heterocycles. The van der Waals surface area contributed by atoms with Gasteiger partial charge in [0.2, 0.25) is 0 Å². The summed E-state index contributed by atoms with van der Waals surface area (Å²) in [6.07, 6.45) is 3.58. The minimum Gasteiger partial charge on any atom is -0.443 e. The van der Waals surface area contributed by atoms with Crippen LogP contribution in [-0.2, 0) is 4.74 Å². The van der Waals surface area contributed by atoms with E-state index in [0.29, 0.717) is 11.5 Å². The molecule has 4 rings (SSSR count). The van der Waals surface area contributed by atoms with E-state index in [1.807, 2.05) is 32.0 Å². The number of carbonyl (C=O) groups is 1. The second kappa shape index (κ2) is 7.21. The van der Waals surface area contributed by atoms with Crippen LogP contribution in [0.15, 0.2) is 60.0 Å². The third-order valence-corrected chi connectivity index (χ3v) is 6.91. The molecule has 3 aromatic rings. The van der Waals surface area contributed by atoms with Gasteiger partial charge in [0, 0.05) is 33.9 Å². The third-order valence-electron chi connectivity index (χ3n) is 4.89. The summed E-state index contributed by atoms with van der Waals surface area (Å²) in [5.41, 5.74) is -0.193. The van der Waals surface area contributed by atoms with Gasteiger partial charge in [0.15, 0.2) is 15.2 Å². The standard InChI is InChI=1S/C24H23O2S/c1-24(2,15-13-18-7-5-8-18)26-23(25)20-10-6-11-21(17-20)27-16-14-19-9-3-4-12-22(19)27/h3-4,6,9-12,14,16-18H,5,7-8H2,1-2H3/q+1. The van der Waals surface area contributed by atoms with Crippen LogP contribution in [0, 0.1) is 17.8 Å². The van der Waals surface area contributed by atoms with Crippen LogP contribution in [0.25, 0.3) is 15.0 Å². The average molecular weight is 376 g/mol. The van der Waals surface area contributed by atoms with Crippen molar-refractivity contribution in [1.29, 1.82) is 0 Å². The van der Waals surface area contributed by atoms with Gasteiger partial charge in [-0.15, -0.1) is 0 Å². The molecule has 1 heterocycles. The fourth-order valence-electron chi connectivity index (χ4n) is 3.14. The van der Waals surface area contributed by atoms with Crippen molar-refractivity contribution >= 4 is 26.5 Å². The predicted molar refractivity (Wildman–Crippen MR) is 112 cm³/mol. The van der Waals surface area contributed by atoms with Gasteiger partial charge in [-0.2, -0.15) is 0 Å². The minimum atomic E-state index is -0.773. The molecule has 27 heavy (non-hydrogen) atoms. The Labute approximate surface area is 163 Å². The van der Waals surface area contributed by atoms with E-state index >= 15 is 0 Å². The van der Waals surface area contributed by atoms with Crippen LogP contribution in [0.5, 0.6) is 0 Å². The maximum atomic E-state index is 12.7. The number of benzene rings is 2. The largest absolute Gasteiger partial charge is 0.443 e. The van der Waals surface area contributed by atoms with Crippen molar-refractivity contribution in [1.82, 2.24) is 0 Å². The summed E-state index contributed by atoms with van der Waals surface area (Å²) in [6, 6.07) is 18.3. The van der Waals surface area contributed by atoms with Crippen LogP contribution in [0.2, 0.25) is 0 Å². The van der Waals surface area contributed by atoms with Gasteiger partial charge in [-0.05, 0) is 51.0 Å². The zero-order valence-electron chi connectivity index (χ0n) is 15.7. The molecule has 3 heteroatoms. The highest BCUT2D eigenvalue weighted by Crippen LogP contribution is 2.39. The van der Waals surface area contributed by atoms with Gasteiger partial charge in [-0.3, -0.25) is 0 Å². The molecule has 1 aliphatic carbocycles. The number of carbonyl (C=O) groups excluding carboxylic acids is 1. The first kappa shape index (κ1) is 17.8. The van der Waals surface area contributed by atoms with E-state index in [2.05, 4.69) is 53.6 Å². The smallest absolute Gasteiger partial charge is 0.339 e. The van der Waals surface area contributed by atoms with Crippen LogP contribution >= 0.6 is 10.5 Å². The highest BCUT2D eigenvalue weighted by Gasteiger charge is 2.24. The highest BCUT2D eigenvalue weighted by atomic mass is 32.2. The molecule has 0 N–H and O–H groups in total. The fraction of sp³-hybridized carbons (Fsp3) is 0.292. The first-order valence-electron chi connectivity index (χ1n) is 9.38. The van der Waals surface area contributed by atoms with Gasteiger partial charge in [0.25, 0.3) is 0 Å². The van der Waals surface area contributed by atoms with Crippen molar-refractivity contribution in [3.05, 3.63) is 65.5 Å². The van der Waals surface area contributed by atoms with Crippen molar-refractivity contribution in [3.63, 3.8) is 0 Å². The van der Waals surface area contributed by atoms with Gasteiger partial charge in [0.05, 0.1) is 5.56 Å². The molecule has 0 saturated heterocycles. The molecular weight excluding hydrogens is 352 g/mol. The van der Waals surface area contributed by atoms with Crippen LogP contribution < -0.4 is 0 Å². The van der Waals surface area contributed by atoms with Gasteiger partial charge in [0.1, 0.15) is 5.38 Å². The Morgan fingerprint density at radius 2 is 1.93 bits per heavy atom. The van der Waals surface area contributed by atoms with Crippen LogP contribution in [0.3, 0.4) is 0 Å². The Morgan fingerprint density at radius 3 is 2.70 bits per heavy atom. The molecule has 0 amide bonds. The molecule has 0 bridgehead atoms. The number of esters is 1. The van der Waals surface area contributed by atoms with Crippen LogP contribution in [0.1, 0.15) is 43.5 Å². The predicted octanol–water partition coefficient (Wildman–Crippen LogP) is 6.32. The maximum Gasteiger partial charge on any atom is 0.339 e. The molecular formula is C24H23O2S+. The van der Waals surface area contributed by atoms with E-state index in [1.54, 1.807) is 0 Å². The normalized spacial score (nSPS) is 15.0. The van der Waals surface area contributed by atoms with Gasteiger partial charge < -0.3 is 4.74 Å². The number of ether oxygens (including phenoxy) is 1. The summed E-state index contributed by atoms with van der Waals surface area (Å²) < 4.78 is 7.00. The average Bonchev–Trinajstić information content (AvgIpc) is 3.04.